The molecule has 1 aliphatic heterocycles. The standard InChI is InChI=1S/C16H23N3.H2O/c1-18-12-13(15-4-2-3-5-16(15)18)6-9-19-10-7-14(17)8-11-19;/h2-5,12,14H,6-11,17H2,1H3;1H2. The van der Waals surface area contributed by atoms with Gasteiger partial charge in [0.2, 0.25) is 0 Å². The molecule has 110 valence electrons. The first kappa shape index (κ1) is 15.0. The second-order valence-electron chi connectivity index (χ2n) is 5.71. The van der Waals surface area contributed by atoms with Crippen LogP contribution in [-0.4, -0.2) is 40.6 Å². The maximum absolute atomic E-state index is 5.95. The van der Waals surface area contributed by atoms with E-state index in [1.807, 2.05) is 0 Å². The van der Waals surface area contributed by atoms with Gasteiger partial charge in [-0.2, -0.15) is 0 Å². The lowest BCUT2D eigenvalue weighted by molar-refractivity contribution is 0.216. The van der Waals surface area contributed by atoms with Gasteiger partial charge in [-0.15, -0.1) is 0 Å². The smallest absolute Gasteiger partial charge is 0.0480 e. The van der Waals surface area contributed by atoms with E-state index < -0.39 is 0 Å². The summed E-state index contributed by atoms with van der Waals surface area (Å²) in [6.45, 7) is 3.47. The Labute approximate surface area is 120 Å². The van der Waals surface area contributed by atoms with Gasteiger partial charge >= 0.3 is 0 Å². The van der Waals surface area contributed by atoms with E-state index in [4.69, 9.17) is 5.73 Å². The van der Waals surface area contributed by atoms with E-state index in [0.29, 0.717) is 6.04 Å². The van der Waals surface area contributed by atoms with Crippen molar-refractivity contribution >= 4 is 10.9 Å². The average molecular weight is 275 g/mol. The molecule has 2 heterocycles. The van der Waals surface area contributed by atoms with E-state index in [-0.39, 0.29) is 5.48 Å². The zero-order valence-corrected chi connectivity index (χ0v) is 12.2. The molecular formula is C16H25N3O. The third kappa shape index (κ3) is 3.03. The van der Waals surface area contributed by atoms with E-state index in [0.717, 1.165) is 38.9 Å². The SMILES string of the molecule is Cn1cc(CCN2CCC(N)CC2)c2ccccc21.O. The number of hydrogen-bond acceptors (Lipinski definition) is 2. The summed E-state index contributed by atoms with van der Waals surface area (Å²) in [5.74, 6) is 0. The Balaban J connectivity index is 0.00000147. The number of aryl methyl sites for hydroxylation is 1. The Kier molecular flexibility index (Phi) is 4.81. The molecule has 0 unspecified atom stereocenters. The first-order chi connectivity index (χ1) is 9.24. The van der Waals surface area contributed by atoms with Crippen LogP contribution < -0.4 is 5.73 Å². The zero-order chi connectivity index (χ0) is 13.2. The van der Waals surface area contributed by atoms with Crippen LogP contribution in [0.25, 0.3) is 10.9 Å². The van der Waals surface area contributed by atoms with Crippen molar-refractivity contribution in [3.63, 3.8) is 0 Å². The highest BCUT2D eigenvalue weighted by Gasteiger charge is 2.16. The summed E-state index contributed by atoms with van der Waals surface area (Å²) in [6, 6.07) is 9.09. The molecule has 4 heteroatoms. The Morgan fingerprint density at radius 1 is 1.20 bits per heavy atom. The van der Waals surface area contributed by atoms with Crippen molar-refractivity contribution in [2.45, 2.75) is 25.3 Å². The van der Waals surface area contributed by atoms with E-state index in [9.17, 15) is 0 Å². The maximum atomic E-state index is 5.95. The van der Waals surface area contributed by atoms with Crippen LogP contribution in [0.1, 0.15) is 18.4 Å². The van der Waals surface area contributed by atoms with E-state index >= 15 is 0 Å². The van der Waals surface area contributed by atoms with Crippen LogP contribution in [0.4, 0.5) is 0 Å². The summed E-state index contributed by atoms with van der Waals surface area (Å²) >= 11 is 0. The van der Waals surface area contributed by atoms with Gasteiger partial charge in [0, 0.05) is 36.7 Å². The molecule has 1 aliphatic rings. The van der Waals surface area contributed by atoms with Crippen LogP contribution in [0, 0.1) is 0 Å². The number of nitrogens with two attached hydrogens (primary N) is 1. The summed E-state index contributed by atoms with van der Waals surface area (Å²) < 4.78 is 2.23. The summed E-state index contributed by atoms with van der Waals surface area (Å²) in [5, 5.41) is 1.40. The van der Waals surface area contributed by atoms with Crippen LogP contribution in [0.5, 0.6) is 0 Å². The van der Waals surface area contributed by atoms with Crippen LogP contribution >= 0.6 is 0 Å². The highest BCUT2D eigenvalue weighted by Crippen LogP contribution is 2.21. The molecular weight excluding hydrogens is 250 g/mol. The van der Waals surface area contributed by atoms with Gasteiger partial charge in [-0.25, -0.2) is 0 Å². The molecule has 0 aliphatic carbocycles. The van der Waals surface area contributed by atoms with Gasteiger partial charge in [0.25, 0.3) is 0 Å². The fourth-order valence-corrected chi connectivity index (χ4v) is 3.08. The third-order valence-corrected chi connectivity index (χ3v) is 4.31. The van der Waals surface area contributed by atoms with Gasteiger partial charge in [-0.3, -0.25) is 0 Å². The van der Waals surface area contributed by atoms with Crippen LogP contribution in [-0.2, 0) is 13.5 Å². The van der Waals surface area contributed by atoms with Gasteiger partial charge < -0.3 is 20.7 Å². The number of piperidine rings is 1. The zero-order valence-electron chi connectivity index (χ0n) is 12.2. The van der Waals surface area contributed by atoms with Crippen molar-refractivity contribution in [2.75, 3.05) is 19.6 Å². The molecule has 2 aromatic rings. The second-order valence-corrected chi connectivity index (χ2v) is 5.71. The molecule has 4 N–H and O–H groups in total. The fourth-order valence-electron chi connectivity index (χ4n) is 3.08. The molecule has 0 radical (unpaired) electrons. The molecule has 1 saturated heterocycles. The van der Waals surface area contributed by atoms with Crippen molar-refractivity contribution in [2.24, 2.45) is 12.8 Å². The highest BCUT2D eigenvalue weighted by molar-refractivity contribution is 5.83. The van der Waals surface area contributed by atoms with Crippen LogP contribution in [0.2, 0.25) is 0 Å². The number of likely N-dealkylation sites (tertiary alicyclic amines) is 1. The maximum Gasteiger partial charge on any atom is 0.0480 e. The number of rotatable bonds is 3. The summed E-state index contributed by atoms with van der Waals surface area (Å²) in [4.78, 5) is 2.55. The molecule has 0 spiro atoms. The van der Waals surface area contributed by atoms with Gasteiger partial charge in [0.15, 0.2) is 0 Å². The predicted molar refractivity (Wildman–Crippen MR) is 83.9 cm³/mol. The summed E-state index contributed by atoms with van der Waals surface area (Å²) in [7, 11) is 2.13. The lowest BCUT2D eigenvalue weighted by Crippen LogP contribution is -2.40. The molecule has 4 nitrogen and oxygen atoms in total. The van der Waals surface area contributed by atoms with E-state index in [2.05, 4.69) is 47.0 Å². The first-order valence-electron chi connectivity index (χ1n) is 7.25. The van der Waals surface area contributed by atoms with Crippen molar-refractivity contribution in [1.29, 1.82) is 0 Å². The molecule has 3 rings (SSSR count). The molecule has 0 bridgehead atoms. The average Bonchev–Trinajstić information content (AvgIpc) is 2.76. The fraction of sp³-hybridized carbons (Fsp3) is 0.500. The van der Waals surface area contributed by atoms with Crippen LogP contribution in [0.15, 0.2) is 30.5 Å². The minimum atomic E-state index is 0. The lowest BCUT2D eigenvalue weighted by atomic mass is 10.0. The summed E-state index contributed by atoms with van der Waals surface area (Å²) in [5.41, 5.74) is 8.75. The Hall–Kier alpha value is -1.36. The lowest BCUT2D eigenvalue weighted by Gasteiger charge is -2.29. The Morgan fingerprint density at radius 2 is 1.90 bits per heavy atom. The van der Waals surface area contributed by atoms with Crippen molar-refractivity contribution in [1.82, 2.24) is 9.47 Å². The Morgan fingerprint density at radius 3 is 2.65 bits per heavy atom. The number of benzene rings is 1. The molecule has 0 atom stereocenters. The monoisotopic (exact) mass is 275 g/mol. The molecule has 1 aromatic heterocycles. The van der Waals surface area contributed by atoms with Gasteiger partial charge in [0.1, 0.15) is 0 Å². The number of nitrogens with zero attached hydrogens (tertiary/aromatic N) is 2. The quantitative estimate of drug-likeness (QED) is 0.918. The molecule has 1 aromatic carbocycles. The molecule has 1 fully saturated rings. The van der Waals surface area contributed by atoms with E-state index in [1.54, 1.807) is 0 Å². The van der Waals surface area contributed by atoms with Gasteiger partial charge in [0.05, 0.1) is 0 Å². The molecule has 20 heavy (non-hydrogen) atoms. The minimum absolute atomic E-state index is 0. The normalized spacial score (nSPS) is 17.3. The minimum Gasteiger partial charge on any atom is -0.412 e. The number of para-hydroxylation sites is 1. The summed E-state index contributed by atoms with van der Waals surface area (Å²) in [6.07, 6.45) is 5.71. The van der Waals surface area contributed by atoms with Gasteiger partial charge in [-0.05, 0) is 44.0 Å². The molecule has 0 amide bonds. The van der Waals surface area contributed by atoms with Gasteiger partial charge in [-0.1, -0.05) is 18.2 Å². The number of fused-ring (bicyclic) bond motifs is 1. The predicted octanol–water partition coefficient (Wildman–Crippen LogP) is 1.32. The third-order valence-electron chi connectivity index (χ3n) is 4.31. The van der Waals surface area contributed by atoms with Crippen molar-refractivity contribution in [3.8, 4) is 0 Å². The highest BCUT2D eigenvalue weighted by atomic mass is 16.0. The number of hydrogen-bond donors (Lipinski definition) is 1. The Bertz CT molecular complexity index is 556. The largest absolute Gasteiger partial charge is 0.412 e. The van der Waals surface area contributed by atoms with Crippen LogP contribution in [0.3, 0.4) is 0 Å². The first-order valence-corrected chi connectivity index (χ1v) is 7.25. The topological polar surface area (TPSA) is 65.7 Å². The van der Waals surface area contributed by atoms with E-state index in [1.165, 1.54) is 16.5 Å². The number of aromatic nitrogens is 1. The van der Waals surface area contributed by atoms with Crippen molar-refractivity contribution in [3.05, 3.63) is 36.0 Å². The second kappa shape index (κ2) is 6.39. The molecule has 0 saturated carbocycles. The van der Waals surface area contributed by atoms with Crippen molar-refractivity contribution < 1.29 is 5.48 Å².